The zero-order chi connectivity index (χ0) is 23.4. The van der Waals surface area contributed by atoms with Crippen LogP contribution in [-0.4, -0.2) is 29.0 Å². The summed E-state index contributed by atoms with van der Waals surface area (Å²) in [5.41, 5.74) is 2.05. The van der Waals surface area contributed by atoms with Crippen molar-refractivity contribution in [2.45, 2.75) is 32.4 Å². The largest absolute Gasteiger partial charge is 0.416 e. The summed E-state index contributed by atoms with van der Waals surface area (Å²) in [7, 11) is 0. The monoisotopic (exact) mass is 455 g/mol. The van der Waals surface area contributed by atoms with Gasteiger partial charge in [-0.2, -0.15) is 18.2 Å². The summed E-state index contributed by atoms with van der Waals surface area (Å²) < 4.78 is 38.0. The first-order chi connectivity index (χ1) is 15.8. The maximum Gasteiger partial charge on any atom is 0.416 e. The number of nitrogens with zero attached hydrogens (tertiary/aromatic N) is 3. The SMILES string of the molecule is Cc1cc(Nc2ccc(NC(=O)Cc3ccc(C(F)(F)F)cc3)cc2)nc(N2CCCC2)n1. The fraction of sp³-hybridized carbons (Fsp3) is 0.292. The van der Waals surface area contributed by atoms with Gasteiger partial charge in [-0.25, -0.2) is 4.98 Å². The minimum atomic E-state index is -4.39. The molecule has 0 radical (unpaired) electrons. The van der Waals surface area contributed by atoms with Gasteiger partial charge < -0.3 is 15.5 Å². The van der Waals surface area contributed by atoms with Crippen molar-refractivity contribution in [3.63, 3.8) is 0 Å². The molecule has 2 heterocycles. The Hall–Kier alpha value is -3.62. The Bertz CT molecular complexity index is 1110. The molecule has 1 aliphatic rings. The maximum absolute atomic E-state index is 12.7. The first-order valence-electron chi connectivity index (χ1n) is 10.7. The Morgan fingerprint density at radius 3 is 2.24 bits per heavy atom. The highest BCUT2D eigenvalue weighted by Crippen LogP contribution is 2.29. The first kappa shape index (κ1) is 22.6. The number of hydrogen-bond donors (Lipinski definition) is 2. The summed E-state index contributed by atoms with van der Waals surface area (Å²) in [4.78, 5) is 23.6. The fourth-order valence-electron chi connectivity index (χ4n) is 3.66. The Morgan fingerprint density at radius 1 is 0.970 bits per heavy atom. The molecule has 4 rings (SSSR count). The second-order valence-electron chi connectivity index (χ2n) is 8.01. The zero-order valence-corrected chi connectivity index (χ0v) is 18.1. The summed E-state index contributed by atoms with van der Waals surface area (Å²) in [6, 6.07) is 13.6. The Labute approximate surface area is 189 Å². The molecule has 1 fully saturated rings. The number of aromatic nitrogens is 2. The molecule has 0 bridgehead atoms. The van der Waals surface area contributed by atoms with Crippen LogP contribution in [-0.2, 0) is 17.4 Å². The number of carbonyl (C=O) groups is 1. The van der Waals surface area contributed by atoms with Crippen molar-refractivity contribution in [1.82, 2.24) is 9.97 Å². The summed E-state index contributed by atoms with van der Waals surface area (Å²) in [5, 5.41) is 6.02. The normalized spacial score (nSPS) is 13.8. The van der Waals surface area contributed by atoms with Gasteiger partial charge in [0.25, 0.3) is 0 Å². The van der Waals surface area contributed by atoms with E-state index < -0.39 is 11.7 Å². The molecule has 6 nitrogen and oxygen atoms in total. The van der Waals surface area contributed by atoms with Crippen LogP contribution in [0.5, 0.6) is 0 Å². The third-order valence-electron chi connectivity index (χ3n) is 5.32. The van der Waals surface area contributed by atoms with Crippen molar-refractivity contribution in [3.8, 4) is 0 Å². The smallest absolute Gasteiger partial charge is 0.341 e. The lowest BCUT2D eigenvalue weighted by Crippen LogP contribution is -2.21. The number of hydrogen-bond acceptors (Lipinski definition) is 5. The zero-order valence-electron chi connectivity index (χ0n) is 18.1. The third kappa shape index (κ3) is 6.00. The van der Waals surface area contributed by atoms with Gasteiger partial charge in [0.05, 0.1) is 12.0 Å². The number of rotatable bonds is 6. The molecule has 0 atom stereocenters. The average molecular weight is 455 g/mol. The summed E-state index contributed by atoms with van der Waals surface area (Å²) >= 11 is 0. The Morgan fingerprint density at radius 2 is 1.61 bits per heavy atom. The van der Waals surface area contributed by atoms with E-state index in [1.807, 2.05) is 25.1 Å². The van der Waals surface area contributed by atoms with E-state index in [0.717, 1.165) is 55.4 Å². The van der Waals surface area contributed by atoms with Crippen LogP contribution < -0.4 is 15.5 Å². The third-order valence-corrected chi connectivity index (χ3v) is 5.32. The molecular weight excluding hydrogens is 431 g/mol. The standard InChI is InChI=1S/C24H24F3N5O/c1-16-14-21(31-23(28-16)32-12-2-3-13-32)29-19-8-10-20(11-9-19)30-22(33)15-17-4-6-18(7-5-17)24(25,26)27/h4-11,14H,2-3,12-13,15H2,1H3,(H,30,33)(H,28,29,31). The van der Waals surface area contributed by atoms with Crippen LogP contribution in [0.25, 0.3) is 0 Å². The quantitative estimate of drug-likeness (QED) is 0.526. The topological polar surface area (TPSA) is 70.2 Å². The van der Waals surface area contributed by atoms with E-state index in [0.29, 0.717) is 17.1 Å². The summed E-state index contributed by atoms with van der Waals surface area (Å²) in [5.74, 6) is 1.11. The molecule has 0 spiro atoms. The molecule has 1 aromatic heterocycles. The van der Waals surface area contributed by atoms with Crippen LogP contribution in [0, 0.1) is 6.92 Å². The molecule has 1 saturated heterocycles. The second kappa shape index (κ2) is 9.48. The molecule has 172 valence electrons. The molecule has 33 heavy (non-hydrogen) atoms. The number of halogens is 3. The second-order valence-corrected chi connectivity index (χ2v) is 8.01. The molecule has 1 aliphatic heterocycles. The van der Waals surface area contributed by atoms with Gasteiger partial charge in [-0.15, -0.1) is 0 Å². The van der Waals surface area contributed by atoms with Gasteiger partial charge in [-0.05, 0) is 61.7 Å². The number of anilines is 4. The molecule has 2 N–H and O–H groups in total. The molecule has 0 unspecified atom stereocenters. The maximum atomic E-state index is 12.7. The molecule has 0 saturated carbocycles. The summed E-state index contributed by atoms with van der Waals surface area (Å²) in [6.07, 6.45) is -2.12. The molecule has 9 heteroatoms. The van der Waals surface area contributed by atoms with Crippen LogP contribution in [0.4, 0.5) is 36.3 Å². The van der Waals surface area contributed by atoms with Crippen molar-refractivity contribution >= 4 is 29.0 Å². The molecule has 1 amide bonds. The van der Waals surface area contributed by atoms with Crippen molar-refractivity contribution < 1.29 is 18.0 Å². The lowest BCUT2D eigenvalue weighted by atomic mass is 10.1. The lowest BCUT2D eigenvalue weighted by molar-refractivity contribution is -0.137. The molecule has 3 aromatic rings. The van der Waals surface area contributed by atoms with Crippen molar-refractivity contribution in [2.75, 3.05) is 28.6 Å². The van der Waals surface area contributed by atoms with Crippen LogP contribution in [0.1, 0.15) is 29.7 Å². The van der Waals surface area contributed by atoms with Gasteiger partial charge in [0.1, 0.15) is 5.82 Å². The number of alkyl halides is 3. The van der Waals surface area contributed by atoms with E-state index in [2.05, 4.69) is 25.5 Å². The summed E-state index contributed by atoms with van der Waals surface area (Å²) in [6.45, 7) is 3.86. The van der Waals surface area contributed by atoms with Crippen molar-refractivity contribution in [2.24, 2.45) is 0 Å². The lowest BCUT2D eigenvalue weighted by Gasteiger charge is -2.17. The van der Waals surface area contributed by atoms with Gasteiger partial charge in [0.2, 0.25) is 11.9 Å². The number of amides is 1. The van der Waals surface area contributed by atoms with Gasteiger partial charge >= 0.3 is 6.18 Å². The van der Waals surface area contributed by atoms with Gasteiger partial charge in [-0.1, -0.05) is 12.1 Å². The number of nitrogens with one attached hydrogen (secondary N) is 2. The minimum absolute atomic E-state index is 0.0162. The molecular formula is C24H24F3N5O. The highest BCUT2D eigenvalue weighted by molar-refractivity contribution is 5.92. The Balaban J connectivity index is 1.35. The number of aryl methyl sites for hydroxylation is 1. The van der Waals surface area contributed by atoms with E-state index >= 15 is 0 Å². The van der Waals surface area contributed by atoms with E-state index in [9.17, 15) is 18.0 Å². The average Bonchev–Trinajstić information content (AvgIpc) is 3.29. The van der Waals surface area contributed by atoms with Crippen LogP contribution in [0.15, 0.2) is 54.6 Å². The van der Waals surface area contributed by atoms with E-state index in [1.54, 1.807) is 12.1 Å². The highest BCUT2D eigenvalue weighted by atomic mass is 19.4. The van der Waals surface area contributed by atoms with Crippen LogP contribution >= 0.6 is 0 Å². The molecule has 2 aromatic carbocycles. The van der Waals surface area contributed by atoms with Gasteiger partial charge in [0, 0.05) is 36.2 Å². The highest BCUT2D eigenvalue weighted by Gasteiger charge is 2.30. The predicted molar refractivity (Wildman–Crippen MR) is 122 cm³/mol. The van der Waals surface area contributed by atoms with Gasteiger partial charge in [0.15, 0.2) is 0 Å². The fourth-order valence-corrected chi connectivity index (χ4v) is 3.66. The van der Waals surface area contributed by atoms with E-state index in [1.165, 1.54) is 12.1 Å². The number of benzene rings is 2. The van der Waals surface area contributed by atoms with Gasteiger partial charge in [-0.3, -0.25) is 4.79 Å². The van der Waals surface area contributed by atoms with E-state index in [4.69, 9.17) is 0 Å². The van der Waals surface area contributed by atoms with Crippen molar-refractivity contribution in [1.29, 1.82) is 0 Å². The first-order valence-corrected chi connectivity index (χ1v) is 10.7. The number of carbonyl (C=O) groups excluding carboxylic acids is 1. The van der Waals surface area contributed by atoms with E-state index in [-0.39, 0.29) is 12.3 Å². The van der Waals surface area contributed by atoms with Crippen molar-refractivity contribution in [3.05, 3.63) is 71.4 Å². The predicted octanol–water partition coefficient (Wildman–Crippen LogP) is 5.33. The molecule has 0 aliphatic carbocycles. The Kier molecular flexibility index (Phi) is 6.48. The minimum Gasteiger partial charge on any atom is -0.341 e. The van der Waals surface area contributed by atoms with Crippen LogP contribution in [0.2, 0.25) is 0 Å². The van der Waals surface area contributed by atoms with Crippen LogP contribution in [0.3, 0.4) is 0 Å².